The maximum Gasteiger partial charge on any atom is 0.339 e. The van der Waals surface area contributed by atoms with E-state index in [-0.39, 0.29) is 29.5 Å². The number of hydrogen-bond acceptors (Lipinski definition) is 8. The molecular weight excluding hydrogens is 386 g/mol. The van der Waals surface area contributed by atoms with Gasteiger partial charge in [0, 0.05) is 22.8 Å². The topological polar surface area (TPSA) is 130 Å². The minimum atomic E-state index is -1.29. The molecule has 4 rings (SSSR count). The highest BCUT2D eigenvalue weighted by atomic mass is 32.1. The maximum absolute atomic E-state index is 12.4. The smallest absolute Gasteiger partial charge is 0.339 e. The second-order valence-corrected chi connectivity index (χ2v) is 6.58. The van der Waals surface area contributed by atoms with E-state index in [4.69, 9.17) is 14.6 Å². The van der Waals surface area contributed by atoms with E-state index in [9.17, 15) is 14.7 Å². The highest BCUT2D eigenvalue weighted by Gasteiger charge is 2.16. The number of ether oxygens (including phenoxy) is 2. The monoisotopic (exact) mass is 399 g/mol. The van der Waals surface area contributed by atoms with E-state index in [0.29, 0.717) is 16.6 Å². The summed E-state index contributed by atoms with van der Waals surface area (Å²) in [6, 6.07) is 9.13. The molecular formula is C18H13N3O6S. The average molecular weight is 399 g/mol. The van der Waals surface area contributed by atoms with Gasteiger partial charge in [-0.3, -0.25) is 4.79 Å². The third-order valence-electron chi connectivity index (χ3n) is 3.85. The van der Waals surface area contributed by atoms with Gasteiger partial charge in [-0.1, -0.05) is 0 Å². The fourth-order valence-corrected chi connectivity index (χ4v) is 3.22. The fraction of sp³-hybridized carbons (Fsp3) is 0.0556. The number of carbonyl (C=O) groups is 2. The van der Waals surface area contributed by atoms with Gasteiger partial charge in [0.2, 0.25) is 6.79 Å². The molecule has 0 unspecified atom stereocenters. The Balaban J connectivity index is 1.46. The molecule has 1 amide bonds. The number of aromatic nitrogens is 1. The van der Waals surface area contributed by atoms with Crippen LogP contribution in [0.3, 0.4) is 0 Å². The van der Waals surface area contributed by atoms with E-state index in [1.807, 2.05) is 0 Å². The van der Waals surface area contributed by atoms with Crippen LogP contribution in [0.15, 0.2) is 41.8 Å². The molecule has 0 bridgehead atoms. The molecule has 3 aromatic rings. The number of amides is 1. The quantitative estimate of drug-likeness (QED) is 0.481. The van der Waals surface area contributed by atoms with Gasteiger partial charge in [0.05, 0.1) is 0 Å². The molecule has 0 aliphatic carbocycles. The Hall–Kier alpha value is -3.79. The first kappa shape index (κ1) is 17.6. The largest absolute Gasteiger partial charge is 0.507 e. The van der Waals surface area contributed by atoms with Crippen molar-refractivity contribution < 1.29 is 29.3 Å². The van der Waals surface area contributed by atoms with Crippen LogP contribution >= 0.6 is 11.3 Å². The number of carbonyl (C=O) groups excluding carboxylic acids is 1. The van der Waals surface area contributed by atoms with Crippen molar-refractivity contribution in [1.82, 2.24) is 4.98 Å². The summed E-state index contributed by atoms with van der Waals surface area (Å²) >= 11 is 1.24. The van der Waals surface area contributed by atoms with E-state index in [1.54, 1.807) is 23.6 Å². The first-order chi connectivity index (χ1) is 13.5. The number of rotatable bonds is 5. The predicted octanol–water partition coefficient (Wildman–Crippen LogP) is 3.27. The second kappa shape index (κ2) is 7.08. The van der Waals surface area contributed by atoms with Gasteiger partial charge in [0.25, 0.3) is 5.91 Å². The van der Waals surface area contributed by atoms with Crippen molar-refractivity contribution in [3.05, 3.63) is 53.0 Å². The Morgan fingerprint density at radius 1 is 1.07 bits per heavy atom. The Bertz CT molecular complexity index is 1080. The Kier molecular flexibility index (Phi) is 4.45. The molecule has 2 heterocycles. The molecule has 142 valence electrons. The highest BCUT2D eigenvalue weighted by Crippen LogP contribution is 2.35. The van der Waals surface area contributed by atoms with Crippen LogP contribution in [0, 0.1) is 0 Å². The van der Waals surface area contributed by atoms with Gasteiger partial charge in [0.1, 0.15) is 17.0 Å². The Morgan fingerprint density at radius 3 is 2.68 bits per heavy atom. The summed E-state index contributed by atoms with van der Waals surface area (Å²) in [6.45, 7) is 0.182. The van der Waals surface area contributed by atoms with Crippen LogP contribution in [0.4, 0.5) is 16.5 Å². The van der Waals surface area contributed by atoms with Gasteiger partial charge in [-0.25, -0.2) is 9.78 Å². The maximum atomic E-state index is 12.4. The van der Waals surface area contributed by atoms with Crippen molar-refractivity contribution in [3.8, 4) is 17.2 Å². The van der Waals surface area contributed by atoms with Crippen molar-refractivity contribution in [2.24, 2.45) is 0 Å². The molecule has 1 aromatic heterocycles. The summed E-state index contributed by atoms with van der Waals surface area (Å²) < 4.78 is 10.6. The molecule has 9 nitrogen and oxygen atoms in total. The zero-order valence-corrected chi connectivity index (χ0v) is 14.9. The van der Waals surface area contributed by atoms with E-state index in [0.717, 1.165) is 5.69 Å². The second-order valence-electron chi connectivity index (χ2n) is 5.72. The first-order valence-corrected chi connectivity index (χ1v) is 8.87. The van der Waals surface area contributed by atoms with E-state index < -0.39 is 11.9 Å². The van der Waals surface area contributed by atoms with Crippen LogP contribution in [0.2, 0.25) is 0 Å². The molecule has 28 heavy (non-hydrogen) atoms. The Labute approximate surface area is 162 Å². The van der Waals surface area contributed by atoms with E-state index in [2.05, 4.69) is 15.6 Å². The molecule has 0 radical (unpaired) electrons. The summed E-state index contributed by atoms with van der Waals surface area (Å²) in [6.07, 6.45) is 0. The zero-order valence-electron chi connectivity index (χ0n) is 14.1. The lowest BCUT2D eigenvalue weighted by Gasteiger charge is -2.06. The number of fused-ring (bicyclic) bond motifs is 1. The number of nitrogens with zero attached hydrogens (tertiary/aromatic N) is 1. The number of aromatic hydroxyl groups is 1. The van der Waals surface area contributed by atoms with Crippen molar-refractivity contribution in [3.63, 3.8) is 0 Å². The SMILES string of the molecule is O=C(Nc1ccc(O)c(C(=O)O)c1)c1csc(Nc2ccc3c(c2)OCO3)n1. The summed E-state index contributed by atoms with van der Waals surface area (Å²) in [5.74, 6) is -0.885. The number of aromatic carboxylic acids is 1. The molecule has 0 fully saturated rings. The van der Waals surface area contributed by atoms with Crippen LogP contribution in [0.5, 0.6) is 17.2 Å². The predicted molar refractivity (Wildman–Crippen MR) is 101 cm³/mol. The molecule has 0 spiro atoms. The van der Waals surface area contributed by atoms with Crippen LogP contribution in [-0.4, -0.2) is 33.9 Å². The third-order valence-corrected chi connectivity index (χ3v) is 4.60. The van der Waals surface area contributed by atoms with Crippen LogP contribution < -0.4 is 20.1 Å². The van der Waals surface area contributed by atoms with Gasteiger partial charge in [-0.15, -0.1) is 11.3 Å². The summed E-state index contributed by atoms with van der Waals surface area (Å²) in [5.41, 5.74) is 0.827. The third kappa shape index (κ3) is 3.53. The minimum absolute atomic E-state index is 0.165. The molecule has 0 atom stereocenters. The van der Waals surface area contributed by atoms with Crippen molar-refractivity contribution in [2.45, 2.75) is 0 Å². The fourth-order valence-electron chi connectivity index (χ4n) is 2.51. The van der Waals surface area contributed by atoms with Gasteiger partial charge in [0.15, 0.2) is 16.6 Å². The number of nitrogens with one attached hydrogen (secondary N) is 2. The lowest BCUT2D eigenvalue weighted by molar-refractivity contribution is 0.0693. The van der Waals surface area contributed by atoms with E-state index in [1.165, 1.54) is 29.5 Å². The van der Waals surface area contributed by atoms with Crippen LogP contribution in [0.1, 0.15) is 20.8 Å². The minimum Gasteiger partial charge on any atom is -0.507 e. The van der Waals surface area contributed by atoms with Gasteiger partial charge in [-0.2, -0.15) is 0 Å². The number of hydrogen-bond donors (Lipinski definition) is 4. The highest BCUT2D eigenvalue weighted by molar-refractivity contribution is 7.14. The molecule has 1 aliphatic rings. The van der Waals surface area contributed by atoms with Gasteiger partial charge < -0.3 is 30.3 Å². The summed E-state index contributed by atoms with van der Waals surface area (Å²) in [4.78, 5) is 27.7. The lowest BCUT2D eigenvalue weighted by Crippen LogP contribution is -2.13. The molecule has 4 N–H and O–H groups in total. The average Bonchev–Trinajstić information content (AvgIpc) is 3.32. The van der Waals surface area contributed by atoms with Crippen LogP contribution in [0.25, 0.3) is 0 Å². The Morgan fingerprint density at radius 2 is 1.86 bits per heavy atom. The van der Waals surface area contributed by atoms with Crippen LogP contribution in [-0.2, 0) is 0 Å². The summed E-state index contributed by atoms with van der Waals surface area (Å²) in [7, 11) is 0. The molecule has 0 saturated carbocycles. The summed E-state index contributed by atoms with van der Waals surface area (Å²) in [5, 5.41) is 26.3. The first-order valence-electron chi connectivity index (χ1n) is 7.99. The van der Waals surface area contributed by atoms with Crippen molar-refractivity contribution in [1.29, 1.82) is 0 Å². The normalized spacial score (nSPS) is 11.9. The number of benzene rings is 2. The number of thiazole rings is 1. The molecule has 10 heteroatoms. The lowest BCUT2D eigenvalue weighted by atomic mass is 10.2. The molecule has 0 saturated heterocycles. The molecule has 2 aromatic carbocycles. The van der Waals surface area contributed by atoms with Crippen molar-refractivity contribution >= 4 is 39.7 Å². The van der Waals surface area contributed by atoms with Gasteiger partial charge in [-0.05, 0) is 30.3 Å². The number of phenols is 1. The zero-order chi connectivity index (χ0) is 19.7. The standard InChI is InChI=1S/C18H13N3O6S/c22-13-3-1-9(5-11(13)17(24)25)19-16(23)12-7-28-18(21-12)20-10-2-4-14-15(6-10)27-8-26-14/h1-7,22H,8H2,(H,19,23)(H,20,21)(H,24,25). The molecule has 1 aliphatic heterocycles. The van der Waals surface area contributed by atoms with Gasteiger partial charge >= 0.3 is 5.97 Å². The van der Waals surface area contributed by atoms with E-state index >= 15 is 0 Å². The number of anilines is 3. The number of carboxylic acid groups (broad SMARTS) is 1. The number of carboxylic acids is 1. The van der Waals surface area contributed by atoms with Crippen molar-refractivity contribution in [2.75, 3.05) is 17.4 Å².